The van der Waals surface area contributed by atoms with Crippen LogP contribution in [-0.4, -0.2) is 36.0 Å². The van der Waals surface area contributed by atoms with Gasteiger partial charge in [-0.05, 0) is 78.6 Å². The molecule has 166 valence electrons. The van der Waals surface area contributed by atoms with E-state index in [-0.39, 0.29) is 24.2 Å². The quantitative estimate of drug-likeness (QED) is 0.759. The fourth-order valence-electron chi connectivity index (χ4n) is 5.55. The zero-order valence-electron chi connectivity index (χ0n) is 18.4. The highest BCUT2D eigenvalue weighted by atomic mass is 19.1. The number of nitrogens with zero attached hydrogens (tertiary/aromatic N) is 2. The summed E-state index contributed by atoms with van der Waals surface area (Å²) in [7, 11) is 2.09. The van der Waals surface area contributed by atoms with Crippen molar-refractivity contribution in [3.63, 3.8) is 0 Å². The minimum atomic E-state index is -0.749. The molecule has 32 heavy (non-hydrogen) atoms. The van der Waals surface area contributed by atoms with E-state index in [1.165, 1.54) is 17.2 Å². The van der Waals surface area contributed by atoms with Crippen LogP contribution in [0.1, 0.15) is 42.4 Å². The summed E-state index contributed by atoms with van der Waals surface area (Å²) >= 11 is 0. The second kappa shape index (κ2) is 8.65. The maximum atomic E-state index is 14.9. The van der Waals surface area contributed by atoms with Crippen LogP contribution in [0.2, 0.25) is 0 Å². The summed E-state index contributed by atoms with van der Waals surface area (Å²) in [4.78, 5) is 15.0. The molecule has 2 N–H and O–H groups in total. The fraction of sp³-hybridized carbons (Fsp3) is 0.462. The molecule has 2 atom stereocenters. The van der Waals surface area contributed by atoms with Gasteiger partial charge in [-0.15, -0.1) is 0 Å². The normalized spacial score (nSPS) is 25.2. The first-order valence-electron chi connectivity index (χ1n) is 11.6. The largest absolute Gasteiger partial charge is 0.339 e. The Balaban J connectivity index is 1.26. The summed E-state index contributed by atoms with van der Waals surface area (Å²) in [6, 6.07) is 13.0. The van der Waals surface area contributed by atoms with Crippen molar-refractivity contribution in [2.75, 3.05) is 7.05 Å². The fourth-order valence-corrected chi connectivity index (χ4v) is 5.55. The van der Waals surface area contributed by atoms with Gasteiger partial charge in [0.25, 0.3) is 0 Å². The van der Waals surface area contributed by atoms with Crippen molar-refractivity contribution in [3.8, 4) is 17.2 Å². The number of nitrogens with one attached hydrogen (secondary N) is 2. The van der Waals surface area contributed by atoms with Gasteiger partial charge in [0.05, 0.1) is 12.1 Å². The zero-order chi connectivity index (χ0) is 22.2. The Bertz CT molecular complexity index is 1070. The molecule has 1 aliphatic carbocycles. The van der Waals surface area contributed by atoms with Gasteiger partial charge in [0.2, 0.25) is 5.91 Å². The van der Waals surface area contributed by atoms with E-state index in [0.29, 0.717) is 17.5 Å². The van der Waals surface area contributed by atoms with Crippen molar-refractivity contribution in [2.45, 2.75) is 63.3 Å². The van der Waals surface area contributed by atoms with Gasteiger partial charge in [0, 0.05) is 25.6 Å². The molecule has 1 saturated carbocycles. The number of carbonyl (C=O) groups is 1. The maximum Gasteiger partial charge on any atom is 0.238 e. The number of hydrogen-bond acceptors (Lipinski definition) is 4. The van der Waals surface area contributed by atoms with Crippen LogP contribution in [0.3, 0.4) is 0 Å². The van der Waals surface area contributed by atoms with Crippen LogP contribution in [0.4, 0.5) is 4.39 Å². The Labute approximate surface area is 188 Å². The van der Waals surface area contributed by atoms with E-state index >= 15 is 0 Å². The summed E-state index contributed by atoms with van der Waals surface area (Å²) in [6.07, 6.45) is 4.51. The minimum absolute atomic E-state index is 0.133. The highest BCUT2D eigenvalue weighted by Gasteiger charge is 2.39. The van der Waals surface area contributed by atoms with Crippen molar-refractivity contribution in [2.24, 2.45) is 5.92 Å². The van der Waals surface area contributed by atoms with E-state index in [1.807, 2.05) is 12.1 Å². The lowest BCUT2D eigenvalue weighted by atomic mass is 9.76. The number of rotatable bonds is 5. The summed E-state index contributed by atoms with van der Waals surface area (Å²) in [5.74, 6) is -0.141. The molecule has 0 unspecified atom stereocenters. The van der Waals surface area contributed by atoms with Crippen LogP contribution < -0.4 is 10.6 Å². The first kappa shape index (κ1) is 21.1. The molecular weight excluding hydrogens is 403 g/mol. The number of fused-ring (bicyclic) bond motifs is 4. The van der Waals surface area contributed by atoms with E-state index in [2.05, 4.69) is 40.8 Å². The van der Waals surface area contributed by atoms with Gasteiger partial charge in [-0.25, -0.2) is 4.39 Å². The third-order valence-corrected chi connectivity index (χ3v) is 7.31. The molecule has 2 aromatic rings. The van der Waals surface area contributed by atoms with Crippen molar-refractivity contribution in [1.29, 1.82) is 5.26 Å². The lowest BCUT2D eigenvalue weighted by molar-refractivity contribution is -0.127. The lowest BCUT2D eigenvalue weighted by Crippen LogP contribution is -2.59. The van der Waals surface area contributed by atoms with E-state index < -0.39 is 6.04 Å². The average molecular weight is 433 g/mol. The van der Waals surface area contributed by atoms with Gasteiger partial charge in [0.15, 0.2) is 0 Å². The van der Waals surface area contributed by atoms with Crippen molar-refractivity contribution in [1.82, 2.24) is 15.5 Å². The molecule has 2 aromatic carbocycles. The first-order valence-corrected chi connectivity index (χ1v) is 11.6. The number of hydrogen-bond donors (Lipinski definition) is 2. The van der Waals surface area contributed by atoms with Gasteiger partial charge >= 0.3 is 0 Å². The molecule has 3 heterocycles. The van der Waals surface area contributed by atoms with Crippen LogP contribution in [-0.2, 0) is 24.3 Å². The average Bonchev–Trinajstić information content (AvgIpc) is 3.19. The van der Waals surface area contributed by atoms with Gasteiger partial charge in [-0.1, -0.05) is 24.3 Å². The number of benzene rings is 2. The predicted molar refractivity (Wildman–Crippen MR) is 121 cm³/mol. The second-order valence-corrected chi connectivity index (χ2v) is 9.61. The topological polar surface area (TPSA) is 68.2 Å². The predicted octanol–water partition coefficient (Wildman–Crippen LogP) is 3.52. The maximum absolute atomic E-state index is 14.9. The third-order valence-electron chi connectivity index (χ3n) is 7.31. The van der Waals surface area contributed by atoms with Crippen LogP contribution in [0.5, 0.6) is 0 Å². The number of carbonyl (C=O) groups excluding carboxylic acids is 1. The molecule has 2 bridgehead atoms. The first-order chi connectivity index (χ1) is 15.5. The van der Waals surface area contributed by atoms with Crippen LogP contribution in [0.25, 0.3) is 11.1 Å². The standard InChI is InChI=1S/C26H29FN4O/c1-31-14-20-5-3-17(10-21(20)15-31)18-2-4-19(24(27)12-18)11-23(13-28)30-26(32)25-16-6-8-22(29-25)9-7-16/h2-5,10,12,16,22-23,25,29H,6-9,11,14-15H2,1H3,(H,30,32)/t16?,22?,23-,25-/m0/s1. The third kappa shape index (κ3) is 4.15. The highest BCUT2D eigenvalue weighted by molar-refractivity contribution is 5.83. The molecule has 6 rings (SSSR count). The molecule has 6 heteroatoms. The molecule has 0 aromatic heterocycles. The SMILES string of the molecule is CN1Cc2ccc(-c3ccc(C[C@@H](C#N)NC(=O)[C@H]4NC5CCC4CC5)c(F)c3)cc2C1. The second-order valence-electron chi connectivity index (χ2n) is 9.61. The molecule has 0 radical (unpaired) electrons. The molecule has 3 fully saturated rings. The zero-order valence-corrected chi connectivity index (χ0v) is 18.4. The van der Waals surface area contributed by atoms with Crippen molar-refractivity contribution in [3.05, 3.63) is 58.9 Å². The minimum Gasteiger partial charge on any atom is -0.339 e. The Hall–Kier alpha value is -2.75. The monoisotopic (exact) mass is 432 g/mol. The number of halogens is 1. The number of nitriles is 1. The smallest absolute Gasteiger partial charge is 0.238 e. The van der Waals surface area contributed by atoms with E-state index in [0.717, 1.165) is 49.9 Å². The Kier molecular flexibility index (Phi) is 5.71. The molecule has 3 aliphatic heterocycles. The van der Waals surface area contributed by atoms with Gasteiger partial charge in [-0.3, -0.25) is 9.69 Å². The molecule has 5 nitrogen and oxygen atoms in total. The summed E-state index contributed by atoms with van der Waals surface area (Å²) in [5.41, 5.74) is 4.87. The van der Waals surface area contributed by atoms with Crippen molar-refractivity contribution < 1.29 is 9.18 Å². The molecule has 1 amide bonds. The van der Waals surface area contributed by atoms with Crippen molar-refractivity contribution >= 4 is 5.91 Å². The van der Waals surface area contributed by atoms with Crippen LogP contribution in [0.15, 0.2) is 36.4 Å². The Morgan fingerprint density at radius 1 is 1.16 bits per heavy atom. The summed E-state index contributed by atoms with van der Waals surface area (Å²) in [6.45, 7) is 1.85. The molecule has 0 spiro atoms. The van der Waals surface area contributed by atoms with Crippen LogP contribution in [0, 0.1) is 23.1 Å². The highest BCUT2D eigenvalue weighted by Crippen LogP contribution is 2.33. The van der Waals surface area contributed by atoms with Crippen LogP contribution >= 0.6 is 0 Å². The Morgan fingerprint density at radius 3 is 2.56 bits per heavy atom. The molecule has 4 aliphatic rings. The molecule has 2 saturated heterocycles. The van der Waals surface area contributed by atoms with Gasteiger partial charge in [0.1, 0.15) is 11.9 Å². The summed E-state index contributed by atoms with van der Waals surface area (Å²) in [5, 5.41) is 15.8. The number of amides is 1. The van der Waals surface area contributed by atoms with E-state index in [1.54, 1.807) is 6.07 Å². The van der Waals surface area contributed by atoms with E-state index in [9.17, 15) is 14.4 Å². The van der Waals surface area contributed by atoms with Gasteiger partial charge < -0.3 is 10.6 Å². The van der Waals surface area contributed by atoms with E-state index in [4.69, 9.17) is 0 Å². The molecular formula is C26H29FN4O. The van der Waals surface area contributed by atoms with Gasteiger partial charge in [-0.2, -0.15) is 5.26 Å². The number of piperidine rings is 2. The lowest BCUT2D eigenvalue weighted by Gasteiger charge is -2.42. The summed E-state index contributed by atoms with van der Waals surface area (Å²) < 4.78 is 14.9. The Morgan fingerprint density at radius 2 is 1.88 bits per heavy atom.